The number of likely N-dealkylation sites (tertiary alicyclic amines) is 1. The first-order chi connectivity index (χ1) is 11.2. The van der Waals surface area contributed by atoms with E-state index in [4.69, 9.17) is 18.7 Å². The van der Waals surface area contributed by atoms with Gasteiger partial charge in [0.2, 0.25) is 0 Å². The van der Waals surface area contributed by atoms with Crippen molar-refractivity contribution in [1.82, 2.24) is 10.1 Å². The van der Waals surface area contributed by atoms with Gasteiger partial charge in [-0.05, 0) is 39.5 Å². The molecule has 2 fully saturated rings. The highest BCUT2D eigenvalue weighted by atomic mass is 16.7. The van der Waals surface area contributed by atoms with Crippen molar-refractivity contribution >= 4 is 0 Å². The third-order valence-electron chi connectivity index (χ3n) is 4.72. The Morgan fingerprint density at radius 3 is 2.87 bits per heavy atom. The second-order valence-corrected chi connectivity index (χ2v) is 6.49. The second kappa shape index (κ2) is 8.24. The Hall–Kier alpha value is -0.950. The van der Waals surface area contributed by atoms with Crippen LogP contribution in [0.25, 0.3) is 0 Å². The van der Waals surface area contributed by atoms with E-state index in [1.807, 2.05) is 13.8 Å². The molecule has 0 aliphatic carbocycles. The molecule has 3 rings (SSSR count). The van der Waals surface area contributed by atoms with Gasteiger partial charge < -0.3 is 18.7 Å². The SMILES string of the molecule is Cc1noc(C)c1CO[C@H]1CCN(CCO[C@@H]2CCCCO2)C1. The number of nitrogens with zero attached hydrogens (tertiary/aromatic N) is 2. The van der Waals surface area contributed by atoms with Crippen molar-refractivity contribution in [2.24, 2.45) is 0 Å². The summed E-state index contributed by atoms with van der Waals surface area (Å²) in [5.41, 5.74) is 2.01. The third kappa shape index (κ3) is 4.76. The number of rotatable bonds is 7. The lowest BCUT2D eigenvalue weighted by molar-refractivity contribution is -0.164. The first-order valence-electron chi connectivity index (χ1n) is 8.71. The summed E-state index contributed by atoms with van der Waals surface area (Å²) < 4.78 is 22.6. The van der Waals surface area contributed by atoms with Crippen molar-refractivity contribution in [2.75, 3.05) is 32.8 Å². The molecule has 130 valence electrons. The number of hydrogen-bond acceptors (Lipinski definition) is 6. The van der Waals surface area contributed by atoms with Crippen LogP contribution < -0.4 is 0 Å². The maximum absolute atomic E-state index is 6.03. The van der Waals surface area contributed by atoms with Crippen molar-refractivity contribution in [3.63, 3.8) is 0 Å². The average Bonchev–Trinajstić information content (AvgIpc) is 3.14. The van der Waals surface area contributed by atoms with Crippen LogP contribution in [0, 0.1) is 13.8 Å². The van der Waals surface area contributed by atoms with Crippen LogP contribution in [0.5, 0.6) is 0 Å². The minimum atomic E-state index is 0.0120. The van der Waals surface area contributed by atoms with Gasteiger partial charge in [0.1, 0.15) is 5.76 Å². The van der Waals surface area contributed by atoms with E-state index in [0.29, 0.717) is 6.61 Å². The van der Waals surface area contributed by atoms with E-state index in [1.54, 1.807) is 0 Å². The zero-order chi connectivity index (χ0) is 16.1. The predicted octanol–water partition coefficient (Wildman–Crippen LogP) is 2.43. The van der Waals surface area contributed by atoms with Gasteiger partial charge in [0.15, 0.2) is 6.29 Å². The Bertz CT molecular complexity index is 465. The van der Waals surface area contributed by atoms with Crippen LogP contribution in [0.1, 0.15) is 42.7 Å². The smallest absolute Gasteiger partial charge is 0.157 e. The molecule has 2 atom stereocenters. The molecule has 0 radical (unpaired) electrons. The van der Waals surface area contributed by atoms with Gasteiger partial charge in [-0.25, -0.2) is 0 Å². The summed E-state index contributed by atoms with van der Waals surface area (Å²) in [6.07, 6.45) is 4.78. The molecule has 23 heavy (non-hydrogen) atoms. The topological polar surface area (TPSA) is 57.0 Å². The van der Waals surface area contributed by atoms with Crippen LogP contribution >= 0.6 is 0 Å². The first kappa shape index (κ1) is 16.9. The van der Waals surface area contributed by atoms with Crippen LogP contribution in [0.15, 0.2) is 4.52 Å². The number of hydrogen-bond donors (Lipinski definition) is 0. The van der Waals surface area contributed by atoms with Gasteiger partial charge in [-0.3, -0.25) is 4.90 Å². The summed E-state index contributed by atoms with van der Waals surface area (Å²) in [5, 5.41) is 3.97. The van der Waals surface area contributed by atoms with Crippen LogP contribution in [0.4, 0.5) is 0 Å². The number of aromatic nitrogens is 1. The molecule has 0 amide bonds. The second-order valence-electron chi connectivity index (χ2n) is 6.49. The lowest BCUT2D eigenvalue weighted by Crippen LogP contribution is -2.30. The highest BCUT2D eigenvalue weighted by Crippen LogP contribution is 2.19. The molecule has 0 spiro atoms. The lowest BCUT2D eigenvalue weighted by Gasteiger charge is -2.24. The maximum atomic E-state index is 6.03. The Balaban J connectivity index is 1.32. The van der Waals surface area contributed by atoms with Crippen LogP contribution in [-0.4, -0.2) is 55.3 Å². The van der Waals surface area contributed by atoms with Crippen LogP contribution in [0.2, 0.25) is 0 Å². The molecular weight excluding hydrogens is 296 g/mol. The van der Waals surface area contributed by atoms with Crippen molar-refractivity contribution in [3.8, 4) is 0 Å². The monoisotopic (exact) mass is 324 g/mol. The molecule has 1 aromatic heterocycles. The normalized spacial score (nSPS) is 26.0. The molecule has 6 nitrogen and oxygen atoms in total. The summed E-state index contributed by atoms with van der Waals surface area (Å²) in [4.78, 5) is 2.40. The zero-order valence-corrected chi connectivity index (χ0v) is 14.3. The quantitative estimate of drug-likeness (QED) is 0.768. The van der Waals surface area contributed by atoms with Gasteiger partial charge in [-0.1, -0.05) is 5.16 Å². The van der Waals surface area contributed by atoms with Crippen molar-refractivity contribution < 1.29 is 18.7 Å². The minimum Gasteiger partial charge on any atom is -0.372 e. The van der Waals surface area contributed by atoms with E-state index in [-0.39, 0.29) is 12.4 Å². The van der Waals surface area contributed by atoms with E-state index < -0.39 is 0 Å². The summed E-state index contributed by atoms with van der Waals surface area (Å²) in [6.45, 7) is 9.05. The summed E-state index contributed by atoms with van der Waals surface area (Å²) in [5.74, 6) is 0.859. The Morgan fingerprint density at radius 2 is 2.13 bits per heavy atom. The molecule has 3 heterocycles. The molecule has 0 aromatic carbocycles. The van der Waals surface area contributed by atoms with Gasteiger partial charge in [-0.15, -0.1) is 0 Å². The summed E-state index contributed by atoms with van der Waals surface area (Å²) in [6, 6.07) is 0. The molecular formula is C17H28N2O4. The Kier molecular flexibility index (Phi) is 6.05. The fourth-order valence-electron chi connectivity index (χ4n) is 3.20. The molecule has 2 aliphatic rings. The van der Waals surface area contributed by atoms with Crippen LogP contribution in [-0.2, 0) is 20.8 Å². The van der Waals surface area contributed by atoms with Crippen LogP contribution in [0.3, 0.4) is 0 Å². The molecule has 0 unspecified atom stereocenters. The zero-order valence-electron chi connectivity index (χ0n) is 14.3. The van der Waals surface area contributed by atoms with E-state index in [1.165, 1.54) is 6.42 Å². The summed E-state index contributed by atoms with van der Waals surface area (Å²) in [7, 11) is 0. The molecule has 0 N–H and O–H groups in total. The fourth-order valence-corrected chi connectivity index (χ4v) is 3.20. The maximum Gasteiger partial charge on any atom is 0.157 e. The predicted molar refractivity (Wildman–Crippen MR) is 85.2 cm³/mol. The van der Waals surface area contributed by atoms with E-state index in [2.05, 4.69) is 10.1 Å². The highest BCUT2D eigenvalue weighted by Gasteiger charge is 2.24. The standard InChI is InChI=1S/C17H28N2O4/c1-13-16(14(2)23-18-13)12-22-15-6-7-19(11-15)8-10-21-17-5-3-4-9-20-17/h15,17H,3-12H2,1-2H3/t15-,17+/m0/s1. The van der Waals surface area contributed by atoms with E-state index in [0.717, 1.165) is 69.1 Å². The molecule has 0 bridgehead atoms. The molecule has 1 aromatic rings. The van der Waals surface area contributed by atoms with Crippen molar-refractivity contribution in [1.29, 1.82) is 0 Å². The van der Waals surface area contributed by atoms with E-state index >= 15 is 0 Å². The van der Waals surface area contributed by atoms with Gasteiger partial charge in [0.05, 0.1) is 25.0 Å². The molecule has 6 heteroatoms. The Morgan fingerprint density at radius 1 is 1.22 bits per heavy atom. The third-order valence-corrected chi connectivity index (χ3v) is 4.72. The highest BCUT2D eigenvalue weighted by molar-refractivity contribution is 5.19. The van der Waals surface area contributed by atoms with Gasteiger partial charge in [0.25, 0.3) is 0 Å². The number of aryl methyl sites for hydroxylation is 2. The van der Waals surface area contributed by atoms with Gasteiger partial charge in [0, 0.05) is 31.8 Å². The largest absolute Gasteiger partial charge is 0.372 e. The first-order valence-corrected chi connectivity index (χ1v) is 8.71. The van der Waals surface area contributed by atoms with Crippen molar-refractivity contribution in [2.45, 2.75) is 58.5 Å². The average molecular weight is 324 g/mol. The van der Waals surface area contributed by atoms with E-state index in [9.17, 15) is 0 Å². The lowest BCUT2D eigenvalue weighted by atomic mass is 10.2. The van der Waals surface area contributed by atoms with Crippen molar-refractivity contribution in [3.05, 3.63) is 17.0 Å². The molecule has 2 saturated heterocycles. The number of ether oxygens (including phenoxy) is 3. The van der Waals surface area contributed by atoms with Gasteiger partial charge in [-0.2, -0.15) is 0 Å². The minimum absolute atomic E-state index is 0.0120. The fraction of sp³-hybridized carbons (Fsp3) is 0.824. The molecule has 2 aliphatic heterocycles. The molecule has 0 saturated carbocycles. The summed E-state index contributed by atoms with van der Waals surface area (Å²) >= 11 is 0. The Labute approximate surface area is 138 Å². The van der Waals surface area contributed by atoms with Gasteiger partial charge >= 0.3 is 0 Å².